The van der Waals surface area contributed by atoms with E-state index in [4.69, 9.17) is 0 Å². The molecule has 1 amide bonds. The number of piperidine rings is 1. The van der Waals surface area contributed by atoms with E-state index >= 15 is 0 Å². The number of carbonyl (C=O) groups excluding carboxylic acids is 1. The van der Waals surface area contributed by atoms with E-state index in [0.717, 1.165) is 29.5 Å². The number of halogens is 1. The van der Waals surface area contributed by atoms with Crippen molar-refractivity contribution in [3.63, 3.8) is 0 Å². The molecule has 116 valence electrons. The number of likely N-dealkylation sites (tertiary alicyclic amines) is 1. The number of hydrogen-bond acceptors (Lipinski definition) is 2. The number of carbonyl (C=O) groups is 1. The van der Waals surface area contributed by atoms with Gasteiger partial charge in [0.15, 0.2) is 0 Å². The van der Waals surface area contributed by atoms with Gasteiger partial charge in [-0.05, 0) is 64.4 Å². The van der Waals surface area contributed by atoms with Crippen LogP contribution in [-0.2, 0) is 0 Å². The normalized spacial score (nSPS) is 20.3. The van der Waals surface area contributed by atoms with Crippen LogP contribution in [0.3, 0.4) is 0 Å². The van der Waals surface area contributed by atoms with Crippen LogP contribution in [0.5, 0.6) is 0 Å². The van der Waals surface area contributed by atoms with Crippen molar-refractivity contribution in [1.82, 2.24) is 10.2 Å². The number of amides is 1. The van der Waals surface area contributed by atoms with E-state index in [2.05, 4.69) is 46.9 Å². The zero-order valence-corrected chi connectivity index (χ0v) is 14.7. The summed E-state index contributed by atoms with van der Waals surface area (Å²) in [6.45, 7) is 8.61. The summed E-state index contributed by atoms with van der Waals surface area (Å²) in [7, 11) is 0. The van der Waals surface area contributed by atoms with E-state index in [-0.39, 0.29) is 11.4 Å². The fourth-order valence-corrected chi connectivity index (χ4v) is 3.27. The first-order valence-electron chi connectivity index (χ1n) is 7.68. The summed E-state index contributed by atoms with van der Waals surface area (Å²) in [5.74, 6) is 0.0157. The molecule has 21 heavy (non-hydrogen) atoms. The fourth-order valence-electron chi connectivity index (χ4n) is 3.01. The maximum atomic E-state index is 12.2. The van der Waals surface area contributed by atoms with Crippen LogP contribution in [0, 0.1) is 0 Å². The smallest absolute Gasteiger partial charge is 0.251 e. The molecule has 0 radical (unpaired) electrons. The lowest BCUT2D eigenvalue weighted by atomic mass is 9.94. The molecule has 1 aromatic rings. The Morgan fingerprint density at radius 2 is 1.95 bits per heavy atom. The summed E-state index contributed by atoms with van der Waals surface area (Å²) < 4.78 is 0.991. The van der Waals surface area contributed by atoms with Crippen LogP contribution in [0.2, 0.25) is 0 Å². The minimum atomic E-state index is 0.0157. The Hall–Kier alpha value is -0.870. The summed E-state index contributed by atoms with van der Waals surface area (Å²) >= 11 is 3.39. The summed E-state index contributed by atoms with van der Waals surface area (Å²) in [6.07, 6.45) is 3.68. The van der Waals surface area contributed by atoms with Crippen LogP contribution in [0.25, 0.3) is 0 Å². The van der Waals surface area contributed by atoms with Gasteiger partial charge in [-0.25, -0.2) is 0 Å². The number of benzene rings is 1. The lowest BCUT2D eigenvalue weighted by Gasteiger charge is -2.44. The van der Waals surface area contributed by atoms with Crippen molar-refractivity contribution < 1.29 is 4.79 Å². The third-order valence-electron chi connectivity index (χ3n) is 4.09. The molecule has 1 N–H and O–H groups in total. The zero-order valence-electron chi connectivity index (χ0n) is 13.2. The van der Waals surface area contributed by atoms with Gasteiger partial charge in [-0.3, -0.25) is 9.69 Å². The largest absolute Gasteiger partial charge is 0.350 e. The Balaban J connectivity index is 1.94. The first-order chi connectivity index (χ1) is 9.88. The summed E-state index contributed by atoms with van der Waals surface area (Å²) in [4.78, 5) is 14.7. The Morgan fingerprint density at radius 1 is 1.29 bits per heavy atom. The Bertz CT molecular complexity index is 479. The minimum Gasteiger partial charge on any atom is -0.350 e. The minimum absolute atomic E-state index is 0.0157. The van der Waals surface area contributed by atoms with Gasteiger partial charge in [0.2, 0.25) is 0 Å². The molecule has 0 aliphatic carbocycles. The molecule has 1 aromatic carbocycles. The van der Waals surface area contributed by atoms with Crippen LogP contribution in [0.15, 0.2) is 28.7 Å². The van der Waals surface area contributed by atoms with E-state index in [1.807, 2.05) is 24.3 Å². The fraction of sp³-hybridized carbons (Fsp3) is 0.588. The van der Waals surface area contributed by atoms with Gasteiger partial charge in [0.05, 0.1) is 0 Å². The quantitative estimate of drug-likeness (QED) is 0.896. The summed E-state index contributed by atoms with van der Waals surface area (Å²) in [6, 6.07) is 7.94. The highest BCUT2D eigenvalue weighted by molar-refractivity contribution is 9.10. The highest BCUT2D eigenvalue weighted by Gasteiger charge is 2.31. The van der Waals surface area contributed by atoms with Gasteiger partial charge in [0.25, 0.3) is 5.91 Å². The maximum Gasteiger partial charge on any atom is 0.251 e. The number of nitrogens with one attached hydrogen (secondary N) is 1. The molecule has 0 aromatic heterocycles. The van der Waals surface area contributed by atoms with E-state index in [9.17, 15) is 4.79 Å². The van der Waals surface area contributed by atoms with E-state index in [1.54, 1.807) is 0 Å². The van der Waals surface area contributed by atoms with Gasteiger partial charge in [0.1, 0.15) is 0 Å². The molecular weight excluding hydrogens is 328 g/mol. The molecule has 0 spiro atoms. The topological polar surface area (TPSA) is 32.3 Å². The number of rotatable bonds is 3. The van der Waals surface area contributed by atoms with Gasteiger partial charge < -0.3 is 5.32 Å². The van der Waals surface area contributed by atoms with Crippen LogP contribution >= 0.6 is 15.9 Å². The second kappa shape index (κ2) is 6.93. The van der Waals surface area contributed by atoms with Crippen LogP contribution in [0.1, 0.15) is 50.4 Å². The van der Waals surface area contributed by atoms with Crippen LogP contribution in [0.4, 0.5) is 0 Å². The molecule has 4 heteroatoms. The molecule has 1 unspecified atom stereocenters. The van der Waals surface area contributed by atoms with Gasteiger partial charge in [-0.1, -0.05) is 22.4 Å². The van der Waals surface area contributed by atoms with Crippen molar-refractivity contribution in [1.29, 1.82) is 0 Å². The Morgan fingerprint density at radius 3 is 2.57 bits per heavy atom. The lowest BCUT2D eigenvalue weighted by Crippen LogP contribution is -2.54. The van der Waals surface area contributed by atoms with Crippen LogP contribution < -0.4 is 5.32 Å². The van der Waals surface area contributed by atoms with Crippen molar-refractivity contribution in [3.8, 4) is 0 Å². The molecule has 1 atom stereocenters. The molecule has 1 aliphatic heterocycles. The molecule has 1 fully saturated rings. The average molecular weight is 353 g/mol. The molecule has 1 heterocycles. The van der Waals surface area contributed by atoms with E-state index < -0.39 is 0 Å². The van der Waals surface area contributed by atoms with Crippen LogP contribution in [-0.4, -0.2) is 35.5 Å². The van der Waals surface area contributed by atoms with Gasteiger partial charge in [0, 0.05) is 28.2 Å². The second-order valence-electron chi connectivity index (χ2n) is 6.73. The van der Waals surface area contributed by atoms with Crippen molar-refractivity contribution in [2.24, 2.45) is 0 Å². The molecule has 0 bridgehead atoms. The monoisotopic (exact) mass is 352 g/mol. The van der Waals surface area contributed by atoms with E-state index in [1.165, 1.54) is 12.8 Å². The highest BCUT2D eigenvalue weighted by atomic mass is 79.9. The molecule has 1 aliphatic rings. The van der Waals surface area contributed by atoms with Gasteiger partial charge in [-0.2, -0.15) is 0 Å². The predicted molar refractivity (Wildman–Crippen MR) is 90.6 cm³/mol. The van der Waals surface area contributed by atoms with Gasteiger partial charge >= 0.3 is 0 Å². The van der Waals surface area contributed by atoms with Crippen molar-refractivity contribution in [2.45, 2.75) is 51.6 Å². The van der Waals surface area contributed by atoms with Gasteiger partial charge in [-0.15, -0.1) is 0 Å². The molecule has 1 saturated heterocycles. The predicted octanol–water partition coefficient (Wildman–Crippen LogP) is 3.83. The first kappa shape index (κ1) is 16.5. The number of nitrogens with zero attached hydrogens (tertiary/aromatic N) is 1. The zero-order chi connectivity index (χ0) is 15.5. The lowest BCUT2D eigenvalue weighted by molar-refractivity contribution is 0.0498. The third kappa shape index (κ3) is 4.55. The standard InChI is InChI=1S/C17H25BrN2O/c1-17(2,3)20-11-5-4-6-15(20)12-19-16(21)13-7-9-14(18)10-8-13/h7-10,15H,4-6,11-12H2,1-3H3,(H,19,21). The van der Waals surface area contributed by atoms with Crippen molar-refractivity contribution in [2.75, 3.05) is 13.1 Å². The van der Waals surface area contributed by atoms with E-state index in [0.29, 0.717) is 6.04 Å². The second-order valence-corrected chi connectivity index (χ2v) is 7.65. The molecule has 0 saturated carbocycles. The Kier molecular flexibility index (Phi) is 5.44. The highest BCUT2D eigenvalue weighted by Crippen LogP contribution is 2.25. The average Bonchev–Trinajstić information content (AvgIpc) is 2.45. The molecular formula is C17H25BrN2O. The number of hydrogen-bond donors (Lipinski definition) is 1. The molecule has 2 rings (SSSR count). The van der Waals surface area contributed by atoms with Crippen molar-refractivity contribution >= 4 is 21.8 Å². The molecule has 3 nitrogen and oxygen atoms in total. The SMILES string of the molecule is CC(C)(C)N1CCCCC1CNC(=O)c1ccc(Br)cc1. The maximum absolute atomic E-state index is 12.2. The third-order valence-corrected chi connectivity index (χ3v) is 4.62. The first-order valence-corrected chi connectivity index (χ1v) is 8.48. The summed E-state index contributed by atoms with van der Waals surface area (Å²) in [5, 5.41) is 3.09. The Labute approximate surface area is 136 Å². The van der Waals surface area contributed by atoms with Crippen molar-refractivity contribution in [3.05, 3.63) is 34.3 Å². The summed E-state index contributed by atoms with van der Waals surface area (Å²) in [5.41, 5.74) is 0.879.